The van der Waals surface area contributed by atoms with E-state index in [1.807, 2.05) is 42.5 Å². The molecule has 2 bridgehead atoms. The third kappa shape index (κ3) is 3.09. The number of fused-ring (bicyclic) bond motifs is 1. The van der Waals surface area contributed by atoms with Crippen LogP contribution in [0.1, 0.15) is 44.1 Å². The maximum Gasteiger partial charge on any atom is 0.246 e. The van der Waals surface area contributed by atoms with E-state index >= 15 is 0 Å². The van der Waals surface area contributed by atoms with Crippen molar-refractivity contribution >= 4 is 17.7 Å². The predicted molar refractivity (Wildman–Crippen MR) is 116 cm³/mol. The molecule has 1 aromatic rings. The summed E-state index contributed by atoms with van der Waals surface area (Å²) in [5.41, 5.74) is -0.126. The van der Waals surface area contributed by atoms with Crippen LogP contribution in [0, 0.1) is 11.8 Å². The van der Waals surface area contributed by atoms with Crippen molar-refractivity contribution in [2.45, 2.75) is 74.9 Å². The number of nitrogens with zero attached hydrogens (tertiary/aromatic N) is 1. The fourth-order valence-corrected chi connectivity index (χ4v) is 6.09. The van der Waals surface area contributed by atoms with Crippen LogP contribution in [0.5, 0.6) is 0 Å². The van der Waals surface area contributed by atoms with E-state index in [4.69, 9.17) is 4.74 Å². The summed E-state index contributed by atoms with van der Waals surface area (Å²) in [6.45, 7) is 0.319. The van der Waals surface area contributed by atoms with Gasteiger partial charge in [0.2, 0.25) is 17.7 Å². The molecule has 0 radical (unpaired) electrons. The number of carbonyl (C=O) groups excluding carboxylic acids is 3. The van der Waals surface area contributed by atoms with Gasteiger partial charge < -0.3 is 20.3 Å². The quantitative estimate of drug-likeness (QED) is 0.666. The predicted octanol–water partition coefficient (Wildman–Crippen LogP) is 1.67. The minimum absolute atomic E-state index is 0.126. The molecule has 2 saturated heterocycles. The second-order valence-corrected chi connectivity index (χ2v) is 9.93. The molecule has 1 aromatic carbocycles. The average molecular weight is 436 g/mol. The fraction of sp³-hybridized carbons (Fsp3) is 0.560. The number of nitrogens with one attached hydrogen (secondary N) is 2. The topological polar surface area (TPSA) is 87.7 Å². The van der Waals surface area contributed by atoms with E-state index in [-0.39, 0.29) is 29.8 Å². The Labute approximate surface area is 187 Å². The molecule has 2 saturated carbocycles. The summed E-state index contributed by atoms with van der Waals surface area (Å²) in [5, 5.41) is 6.24. The van der Waals surface area contributed by atoms with Crippen molar-refractivity contribution < 1.29 is 19.1 Å². The zero-order valence-electron chi connectivity index (χ0n) is 18.0. The zero-order valence-corrected chi connectivity index (χ0v) is 18.0. The van der Waals surface area contributed by atoms with Crippen LogP contribution in [0.4, 0.5) is 0 Å². The molecule has 1 spiro atoms. The molecular formula is C25H29N3O4. The molecule has 0 aromatic heterocycles. The van der Waals surface area contributed by atoms with Gasteiger partial charge in [-0.1, -0.05) is 55.3 Å². The minimum atomic E-state index is -1.08. The summed E-state index contributed by atoms with van der Waals surface area (Å²) in [6, 6.07) is 9.27. The van der Waals surface area contributed by atoms with E-state index in [1.165, 1.54) is 0 Å². The number of rotatable bonds is 6. The van der Waals surface area contributed by atoms with Crippen LogP contribution in [0.15, 0.2) is 42.5 Å². The summed E-state index contributed by atoms with van der Waals surface area (Å²) in [5.74, 6) is -1.71. The molecule has 7 nitrogen and oxygen atoms in total. The van der Waals surface area contributed by atoms with Crippen LogP contribution >= 0.6 is 0 Å². The van der Waals surface area contributed by atoms with Crippen molar-refractivity contribution in [3.05, 3.63) is 48.0 Å². The van der Waals surface area contributed by atoms with Gasteiger partial charge in [-0.25, -0.2) is 0 Å². The number of amides is 3. The number of benzene rings is 1. The van der Waals surface area contributed by atoms with Gasteiger partial charge in [-0.05, 0) is 31.2 Å². The van der Waals surface area contributed by atoms with E-state index in [0.717, 1.165) is 44.1 Å². The van der Waals surface area contributed by atoms with E-state index in [9.17, 15) is 14.4 Å². The third-order valence-electron chi connectivity index (χ3n) is 7.75. The van der Waals surface area contributed by atoms with Crippen LogP contribution in [-0.4, -0.2) is 52.5 Å². The van der Waals surface area contributed by atoms with E-state index in [1.54, 1.807) is 4.90 Å². The summed E-state index contributed by atoms with van der Waals surface area (Å²) in [4.78, 5) is 42.2. The first kappa shape index (κ1) is 20.0. The maximum absolute atomic E-state index is 13.8. The van der Waals surface area contributed by atoms with Gasteiger partial charge in [-0.3, -0.25) is 14.4 Å². The highest BCUT2D eigenvalue weighted by atomic mass is 16.5. The van der Waals surface area contributed by atoms with Gasteiger partial charge in [-0.2, -0.15) is 0 Å². The van der Waals surface area contributed by atoms with Gasteiger partial charge in [0.1, 0.15) is 11.6 Å². The third-order valence-corrected chi connectivity index (χ3v) is 7.75. The van der Waals surface area contributed by atoms with E-state index in [0.29, 0.717) is 6.54 Å². The van der Waals surface area contributed by atoms with Crippen molar-refractivity contribution in [1.82, 2.24) is 15.5 Å². The number of hydrogen-bond acceptors (Lipinski definition) is 4. The number of carbonyl (C=O) groups is 3. The van der Waals surface area contributed by atoms with Crippen LogP contribution < -0.4 is 10.6 Å². The Bertz CT molecular complexity index is 969. The largest absolute Gasteiger partial charge is 0.359 e. The molecule has 5 aliphatic rings. The summed E-state index contributed by atoms with van der Waals surface area (Å²) >= 11 is 0. The van der Waals surface area contributed by atoms with Crippen molar-refractivity contribution in [2.75, 3.05) is 0 Å². The summed E-state index contributed by atoms with van der Waals surface area (Å²) in [6.07, 6.45) is 9.42. The maximum atomic E-state index is 13.8. The summed E-state index contributed by atoms with van der Waals surface area (Å²) in [7, 11) is 0. The van der Waals surface area contributed by atoms with Crippen LogP contribution in [0.2, 0.25) is 0 Å². The van der Waals surface area contributed by atoms with Crippen LogP contribution in [0.25, 0.3) is 0 Å². The molecule has 7 heteroatoms. The van der Waals surface area contributed by atoms with Crippen molar-refractivity contribution in [2.24, 2.45) is 11.8 Å². The highest BCUT2D eigenvalue weighted by Crippen LogP contribution is 2.55. The molecule has 32 heavy (non-hydrogen) atoms. The normalized spacial score (nSPS) is 35.4. The molecule has 0 unspecified atom stereocenters. The first-order valence-electron chi connectivity index (χ1n) is 11.9. The molecule has 6 rings (SSSR count). The van der Waals surface area contributed by atoms with Crippen LogP contribution in [0.3, 0.4) is 0 Å². The Morgan fingerprint density at radius 2 is 1.69 bits per heavy atom. The monoisotopic (exact) mass is 435 g/mol. The second kappa shape index (κ2) is 7.44. The lowest BCUT2D eigenvalue weighted by molar-refractivity contribution is -0.142. The van der Waals surface area contributed by atoms with Gasteiger partial charge in [-0.15, -0.1) is 0 Å². The first-order chi connectivity index (χ1) is 15.6. The Hall–Kier alpha value is -2.67. The standard InChI is InChI=1S/C25H29N3O4/c29-22(26-17-10-11-17)19-18-12-13-25(32-18)20(19)24(31)28(14-15-6-2-1-3-7-15)21(25)23(30)27-16-8-4-5-9-16/h1-3,6-7,12-13,16-21H,4-5,8-11,14H2,(H,26,29)(H,27,30)/t18-,19-,20-,21-,25-/m1/s1. The number of hydrogen-bond donors (Lipinski definition) is 2. The Balaban J connectivity index is 1.34. The van der Waals surface area contributed by atoms with Gasteiger partial charge in [0.05, 0.1) is 17.9 Å². The van der Waals surface area contributed by atoms with Gasteiger partial charge in [0, 0.05) is 18.6 Å². The van der Waals surface area contributed by atoms with Gasteiger partial charge in [0.25, 0.3) is 0 Å². The Kier molecular flexibility index (Phi) is 4.64. The molecular weight excluding hydrogens is 406 g/mol. The Morgan fingerprint density at radius 3 is 2.41 bits per heavy atom. The van der Waals surface area contributed by atoms with E-state index in [2.05, 4.69) is 10.6 Å². The van der Waals surface area contributed by atoms with Gasteiger partial charge in [0.15, 0.2) is 0 Å². The highest BCUT2D eigenvalue weighted by Gasteiger charge is 2.72. The average Bonchev–Trinajstić information content (AvgIpc) is 3.14. The van der Waals surface area contributed by atoms with Gasteiger partial charge >= 0.3 is 0 Å². The first-order valence-corrected chi connectivity index (χ1v) is 11.9. The van der Waals surface area contributed by atoms with E-state index < -0.39 is 29.6 Å². The molecule has 168 valence electrons. The number of likely N-dealkylation sites (tertiary alicyclic amines) is 1. The fourth-order valence-electron chi connectivity index (χ4n) is 6.09. The van der Waals surface area contributed by atoms with Crippen LogP contribution in [-0.2, 0) is 25.7 Å². The summed E-state index contributed by atoms with van der Waals surface area (Å²) < 4.78 is 6.36. The second-order valence-electron chi connectivity index (χ2n) is 9.93. The molecule has 2 N–H and O–H groups in total. The lowest BCUT2D eigenvalue weighted by Crippen LogP contribution is -2.55. The molecule has 3 aliphatic heterocycles. The minimum Gasteiger partial charge on any atom is -0.359 e. The van der Waals surface area contributed by atoms with Crippen molar-refractivity contribution in [3.8, 4) is 0 Å². The smallest absolute Gasteiger partial charge is 0.246 e. The Morgan fingerprint density at radius 1 is 1.00 bits per heavy atom. The molecule has 4 fully saturated rings. The SMILES string of the molecule is O=C(NC1CC1)[C@@H]1[C@H]2C=C[C@@]3(O2)[C@H]1C(=O)N(Cc1ccccc1)[C@@H]3C(=O)NC1CCCC1. The molecule has 3 amide bonds. The number of ether oxygens (including phenoxy) is 1. The molecule has 5 atom stereocenters. The van der Waals surface area contributed by atoms with Crippen molar-refractivity contribution in [3.63, 3.8) is 0 Å². The highest BCUT2D eigenvalue weighted by molar-refractivity contribution is 6.00. The lowest BCUT2D eigenvalue weighted by atomic mass is 9.74. The molecule has 3 heterocycles. The van der Waals surface area contributed by atoms with Crippen molar-refractivity contribution in [1.29, 1.82) is 0 Å². The molecule has 2 aliphatic carbocycles. The zero-order chi connectivity index (χ0) is 21.9. The lowest BCUT2D eigenvalue weighted by Gasteiger charge is -2.33.